The Balaban J connectivity index is 1.58. The second-order valence-corrected chi connectivity index (χ2v) is 11.0. The number of rotatable bonds is 12. The molecular weight excluding hydrogens is 492 g/mol. The molecule has 3 aromatic rings. The lowest BCUT2D eigenvalue weighted by Gasteiger charge is -2.33. The predicted octanol–water partition coefficient (Wildman–Crippen LogP) is 6.27. The fourth-order valence-corrected chi connectivity index (χ4v) is 5.84. The van der Waals surface area contributed by atoms with E-state index in [1.54, 1.807) is 23.8 Å². The van der Waals surface area contributed by atoms with Gasteiger partial charge in [-0.2, -0.15) is 0 Å². The van der Waals surface area contributed by atoms with Crippen LogP contribution in [0.2, 0.25) is 0 Å². The molecule has 0 saturated heterocycles. The monoisotopic (exact) mass is 530 g/mol. The molecule has 200 valence electrons. The molecule has 5 nitrogen and oxygen atoms in total. The normalized spacial score (nSPS) is 14.4. The highest BCUT2D eigenvalue weighted by molar-refractivity contribution is 7.99. The lowest BCUT2D eigenvalue weighted by Crippen LogP contribution is -2.52. The number of ether oxygens (including phenoxy) is 1. The van der Waals surface area contributed by atoms with Gasteiger partial charge in [0.2, 0.25) is 11.8 Å². The minimum atomic E-state index is -0.597. The molecule has 0 aliphatic heterocycles. The third-order valence-electron chi connectivity index (χ3n) is 7.04. The highest BCUT2D eigenvalue weighted by Gasteiger charge is 2.31. The van der Waals surface area contributed by atoms with E-state index in [4.69, 9.17) is 4.74 Å². The lowest BCUT2D eigenvalue weighted by molar-refractivity contribution is -0.141. The van der Waals surface area contributed by atoms with Crippen molar-refractivity contribution in [3.8, 4) is 5.75 Å². The molecule has 1 aliphatic rings. The van der Waals surface area contributed by atoms with Crippen molar-refractivity contribution in [2.24, 2.45) is 0 Å². The summed E-state index contributed by atoms with van der Waals surface area (Å²) in [5, 5.41) is 3.30. The number of benzene rings is 3. The molecular formula is C32H38N2O3S. The van der Waals surface area contributed by atoms with E-state index >= 15 is 0 Å². The number of nitrogens with zero attached hydrogens (tertiary/aromatic N) is 1. The quantitative estimate of drug-likeness (QED) is 0.281. The minimum Gasteiger partial charge on any atom is -0.497 e. The predicted molar refractivity (Wildman–Crippen MR) is 154 cm³/mol. The van der Waals surface area contributed by atoms with E-state index < -0.39 is 6.04 Å². The van der Waals surface area contributed by atoms with Gasteiger partial charge in [-0.3, -0.25) is 9.59 Å². The third-order valence-corrected chi connectivity index (χ3v) is 8.05. The summed E-state index contributed by atoms with van der Waals surface area (Å²) in [6, 6.07) is 27.4. The third kappa shape index (κ3) is 8.38. The van der Waals surface area contributed by atoms with Crippen molar-refractivity contribution in [3.63, 3.8) is 0 Å². The molecule has 4 rings (SSSR count). The number of thioether (sulfide) groups is 1. The van der Waals surface area contributed by atoms with E-state index in [0.29, 0.717) is 25.1 Å². The maximum atomic E-state index is 13.8. The van der Waals surface area contributed by atoms with Crippen molar-refractivity contribution in [3.05, 3.63) is 96.1 Å². The summed E-state index contributed by atoms with van der Waals surface area (Å²) >= 11 is 1.66. The SMILES string of the molecule is COc1cccc(CN(C(=O)CCSc2ccccc2)C(Cc2ccccc2)C(=O)NC2CCCCC2)c1. The molecule has 1 atom stereocenters. The summed E-state index contributed by atoms with van der Waals surface area (Å²) in [4.78, 5) is 30.6. The van der Waals surface area contributed by atoms with Crippen LogP contribution in [0.4, 0.5) is 0 Å². The smallest absolute Gasteiger partial charge is 0.243 e. The van der Waals surface area contributed by atoms with Gasteiger partial charge in [0.1, 0.15) is 11.8 Å². The molecule has 1 unspecified atom stereocenters. The molecule has 1 aliphatic carbocycles. The highest BCUT2D eigenvalue weighted by Crippen LogP contribution is 2.23. The van der Waals surface area contributed by atoms with Crippen LogP contribution < -0.4 is 10.1 Å². The van der Waals surface area contributed by atoms with Gasteiger partial charge < -0.3 is 15.0 Å². The molecule has 1 saturated carbocycles. The summed E-state index contributed by atoms with van der Waals surface area (Å²) in [6.07, 6.45) is 6.32. The van der Waals surface area contributed by atoms with E-state index in [1.807, 2.05) is 72.8 Å². The van der Waals surface area contributed by atoms with Gasteiger partial charge >= 0.3 is 0 Å². The van der Waals surface area contributed by atoms with Gasteiger partial charge in [-0.05, 0) is 48.2 Å². The number of amides is 2. The number of nitrogens with one attached hydrogen (secondary N) is 1. The zero-order valence-corrected chi connectivity index (χ0v) is 23.0. The largest absolute Gasteiger partial charge is 0.497 e. The lowest BCUT2D eigenvalue weighted by atomic mass is 9.94. The Morgan fingerprint density at radius 1 is 0.921 bits per heavy atom. The Morgan fingerprint density at radius 2 is 1.61 bits per heavy atom. The number of carbonyl (C=O) groups excluding carboxylic acids is 2. The average molecular weight is 531 g/mol. The summed E-state index contributed by atoms with van der Waals surface area (Å²) in [5.74, 6) is 1.31. The fourth-order valence-electron chi connectivity index (χ4n) is 4.98. The van der Waals surface area contributed by atoms with Gasteiger partial charge in [0.15, 0.2) is 0 Å². The van der Waals surface area contributed by atoms with Crippen LogP contribution in [0.25, 0.3) is 0 Å². The Labute approximate surface area is 231 Å². The van der Waals surface area contributed by atoms with Gasteiger partial charge in [-0.25, -0.2) is 0 Å². The van der Waals surface area contributed by atoms with Crippen LogP contribution >= 0.6 is 11.8 Å². The number of carbonyl (C=O) groups is 2. The highest BCUT2D eigenvalue weighted by atomic mass is 32.2. The van der Waals surface area contributed by atoms with Crippen molar-refractivity contribution in [2.75, 3.05) is 12.9 Å². The van der Waals surface area contributed by atoms with E-state index in [1.165, 1.54) is 6.42 Å². The second kappa shape index (κ2) is 14.6. The van der Waals surface area contributed by atoms with Crippen LogP contribution in [-0.2, 0) is 22.6 Å². The first-order valence-corrected chi connectivity index (χ1v) is 14.6. The topological polar surface area (TPSA) is 58.6 Å². The minimum absolute atomic E-state index is 0.0176. The van der Waals surface area contributed by atoms with E-state index in [0.717, 1.165) is 47.5 Å². The molecule has 1 N–H and O–H groups in total. The Bertz CT molecular complexity index is 1150. The second-order valence-electron chi connectivity index (χ2n) is 9.83. The van der Waals surface area contributed by atoms with Crippen molar-refractivity contribution in [1.82, 2.24) is 10.2 Å². The Hall–Kier alpha value is -3.25. The zero-order chi connectivity index (χ0) is 26.6. The van der Waals surface area contributed by atoms with Gasteiger partial charge in [-0.1, -0.05) is 79.9 Å². The standard InChI is InChI=1S/C32H38N2O3S/c1-37-28-17-11-14-26(22-28)24-34(31(35)20-21-38-29-18-9-4-10-19-29)30(23-25-12-5-2-6-13-25)32(36)33-27-15-7-3-8-16-27/h2,4-6,9-14,17-19,22,27,30H,3,7-8,15-16,20-21,23-24H2,1H3,(H,33,36). The van der Waals surface area contributed by atoms with Crippen LogP contribution in [0.1, 0.15) is 49.7 Å². The molecule has 0 aromatic heterocycles. The van der Waals surface area contributed by atoms with Crippen molar-refractivity contribution < 1.29 is 14.3 Å². The van der Waals surface area contributed by atoms with Crippen LogP contribution in [-0.4, -0.2) is 41.7 Å². The van der Waals surface area contributed by atoms with Crippen molar-refractivity contribution >= 4 is 23.6 Å². The molecule has 0 bridgehead atoms. The molecule has 6 heteroatoms. The van der Waals surface area contributed by atoms with Crippen LogP contribution in [0.5, 0.6) is 5.75 Å². The van der Waals surface area contributed by atoms with E-state index in [-0.39, 0.29) is 17.9 Å². The molecule has 2 amide bonds. The first-order chi connectivity index (χ1) is 18.6. The van der Waals surface area contributed by atoms with Crippen LogP contribution in [0, 0.1) is 0 Å². The Kier molecular flexibility index (Phi) is 10.7. The van der Waals surface area contributed by atoms with Crippen LogP contribution in [0.15, 0.2) is 89.8 Å². The van der Waals surface area contributed by atoms with Gasteiger partial charge in [-0.15, -0.1) is 11.8 Å². The van der Waals surface area contributed by atoms with Gasteiger partial charge in [0.25, 0.3) is 0 Å². The number of hydrogen-bond acceptors (Lipinski definition) is 4. The summed E-state index contributed by atoms with van der Waals surface area (Å²) < 4.78 is 5.43. The average Bonchev–Trinajstić information content (AvgIpc) is 2.96. The van der Waals surface area contributed by atoms with Crippen molar-refractivity contribution in [1.29, 1.82) is 0 Å². The van der Waals surface area contributed by atoms with E-state index in [9.17, 15) is 9.59 Å². The molecule has 0 radical (unpaired) electrons. The molecule has 1 fully saturated rings. The first-order valence-electron chi connectivity index (χ1n) is 13.6. The van der Waals surface area contributed by atoms with E-state index in [2.05, 4.69) is 17.4 Å². The maximum absolute atomic E-state index is 13.8. The maximum Gasteiger partial charge on any atom is 0.243 e. The van der Waals surface area contributed by atoms with Gasteiger partial charge in [0, 0.05) is 36.1 Å². The summed E-state index contributed by atoms with van der Waals surface area (Å²) in [5.41, 5.74) is 1.98. The molecule has 38 heavy (non-hydrogen) atoms. The fraction of sp³-hybridized carbons (Fsp3) is 0.375. The first kappa shape index (κ1) is 27.8. The van der Waals surface area contributed by atoms with Gasteiger partial charge in [0.05, 0.1) is 7.11 Å². The Morgan fingerprint density at radius 3 is 2.32 bits per heavy atom. The van der Waals surface area contributed by atoms with Crippen molar-refractivity contribution in [2.45, 2.75) is 68.5 Å². The number of hydrogen-bond donors (Lipinski definition) is 1. The molecule has 0 heterocycles. The summed E-state index contributed by atoms with van der Waals surface area (Å²) in [7, 11) is 1.64. The molecule has 3 aromatic carbocycles. The zero-order valence-electron chi connectivity index (χ0n) is 22.2. The summed E-state index contributed by atoms with van der Waals surface area (Å²) in [6.45, 7) is 0.349. The number of methoxy groups -OCH3 is 1. The molecule has 0 spiro atoms. The van der Waals surface area contributed by atoms with Crippen LogP contribution in [0.3, 0.4) is 0 Å².